The van der Waals surface area contributed by atoms with E-state index < -0.39 is 0 Å². The van der Waals surface area contributed by atoms with Crippen molar-refractivity contribution < 1.29 is 5.11 Å². The third-order valence-electron chi connectivity index (χ3n) is 3.54. The molecule has 2 heteroatoms. The second-order valence-corrected chi connectivity index (χ2v) is 4.43. The van der Waals surface area contributed by atoms with Crippen LogP contribution >= 0.6 is 0 Å². The summed E-state index contributed by atoms with van der Waals surface area (Å²) in [7, 11) is 0. The highest BCUT2D eigenvalue weighted by molar-refractivity contribution is 4.91. The van der Waals surface area contributed by atoms with Gasteiger partial charge in [-0.05, 0) is 19.3 Å². The van der Waals surface area contributed by atoms with Gasteiger partial charge in [0.1, 0.15) is 0 Å². The molecule has 2 nitrogen and oxygen atoms in total. The molecule has 1 fully saturated rings. The van der Waals surface area contributed by atoms with Crippen LogP contribution in [0.5, 0.6) is 0 Å². The number of rotatable bonds is 5. The zero-order chi connectivity index (χ0) is 9.73. The Hall–Kier alpha value is -0.0800. The van der Waals surface area contributed by atoms with Gasteiger partial charge in [0.25, 0.3) is 0 Å². The maximum Gasteiger partial charge on any atom is 0.0608 e. The van der Waals surface area contributed by atoms with Gasteiger partial charge in [-0.25, -0.2) is 0 Å². The third-order valence-corrected chi connectivity index (χ3v) is 3.54. The molecular formula is C11H23NO. The molecular weight excluding hydrogens is 162 g/mol. The van der Waals surface area contributed by atoms with E-state index in [-0.39, 0.29) is 11.5 Å². The first kappa shape index (κ1) is 11.0. The molecule has 1 atom stereocenters. The minimum Gasteiger partial charge on any atom is -0.393 e. The molecule has 0 aromatic heterocycles. The average Bonchev–Trinajstić information content (AvgIpc) is 2.63. The highest BCUT2D eigenvalue weighted by Crippen LogP contribution is 2.41. The van der Waals surface area contributed by atoms with Gasteiger partial charge in [-0.1, -0.05) is 32.6 Å². The summed E-state index contributed by atoms with van der Waals surface area (Å²) >= 11 is 0. The number of aliphatic hydroxyl groups excluding tert-OH is 1. The molecule has 78 valence electrons. The van der Waals surface area contributed by atoms with Crippen LogP contribution in [0.3, 0.4) is 0 Å². The Labute approximate surface area is 81.5 Å². The molecule has 1 saturated carbocycles. The molecule has 0 heterocycles. The van der Waals surface area contributed by atoms with Gasteiger partial charge in [0.15, 0.2) is 0 Å². The maximum absolute atomic E-state index is 10.1. The van der Waals surface area contributed by atoms with Crippen LogP contribution < -0.4 is 5.73 Å². The van der Waals surface area contributed by atoms with E-state index in [0.29, 0.717) is 6.54 Å². The van der Waals surface area contributed by atoms with Crippen LogP contribution in [0.1, 0.15) is 51.9 Å². The van der Waals surface area contributed by atoms with E-state index in [0.717, 1.165) is 32.1 Å². The summed E-state index contributed by atoms with van der Waals surface area (Å²) in [6.45, 7) is 2.83. The molecule has 0 aromatic carbocycles. The summed E-state index contributed by atoms with van der Waals surface area (Å²) in [5.74, 6) is 0. The van der Waals surface area contributed by atoms with Gasteiger partial charge in [0, 0.05) is 12.0 Å². The lowest BCUT2D eigenvalue weighted by atomic mass is 9.78. The molecule has 0 aliphatic heterocycles. The number of hydrogen-bond donors (Lipinski definition) is 2. The zero-order valence-electron chi connectivity index (χ0n) is 8.76. The van der Waals surface area contributed by atoms with Crippen LogP contribution in [0.25, 0.3) is 0 Å². The lowest BCUT2D eigenvalue weighted by Crippen LogP contribution is -2.39. The fourth-order valence-corrected chi connectivity index (χ4v) is 2.46. The number of aliphatic hydroxyl groups is 1. The molecule has 1 unspecified atom stereocenters. The van der Waals surface area contributed by atoms with Crippen molar-refractivity contribution in [1.82, 2.24) is 0 Å². The van der Waals surface area contributed by atoms with Gasteiger partial charge in [-0.3, -0.25) is 0 Å². The fraction of sp³-hybridized carbons (Fsp3) is 1.00. The molecule has 0 amide bonds. The van der Waals surface area contributed by atoms with Crippen LogP contribution in [0.4, 0.5) is 0 Å². The minimum absolute atomic E-state index is 0.0785. The van der Waals surface area contributed by atoms with E-state index >= 15 is 0 Å². The van der Waals surface area contributed by atoms with Crippen molar-refractivity contribution in [2.45, 2.75) is 58.0 Å². The second-order valence-electron chi connectivity index (χ2n) is 4.43. The van der Waals surface area contributed by atoms with E-state index in [1.54, 1.807) is 0 Å². The van der Waals surface area contributed by atoms with E-state index in [1.165, 1.54) is 12.8 Å². The minimum atomic E-state index is -0.153. The maximum atomic E-state index is 10.1. The first-order valence-corrected chi connectivity index (χ1v) is 5.63. The number of hydrogen-bond acceptors (Lipinski definition) is 2. The lowest BCUT2D eigenvalue weighted by molar-refractivity contribution is 0.0264. The van der Waals surface area contributed by atoms with Crippen molar-refractivity contribution in [1.29, 1.82) is 0 Å². The Morgan fingerprint density at radius 1 is 1.38 bits per heavy atom. The molecule has 3 N–H and O–H groups in total. The summed E-state index contributed by atoms with van der Waals surface area (Å²) in [4.78, 5) is 0. The number of nitrogens with two attached hydrogens (primary N) is 1. The first-order valence-electron chi connectivity index (χ1n) is 5.63. The lowest BCUT2D eigenvalue weighted by Gasteiger charge is -2.33. The summed E-state index contributed by atoms with van der Waals surface area (Å²) in [6, 6.07) is 0. The van der Waals surface area contributed by atoms with E-state index in [1.807, 2.05) is 0 Å². The standard InChI is InChI=1S/C11H23NO/c1-2-3-6-10(13)11(9-12)7-4-5-8-11/h10,13H,2-9,12H2,1H3. The Bertz CT molecular complexity index is 141. The van der Waals surface area contributed by atoms with Crippen molar-refractivity contribution >= 4 is 0 Å². The Morgan fingerprint density at radius 2 is 2.00 bits per heavy atom. The summed E-state index contributed by atoms with van der Waals surface area (Å²) in [5, 5.41) is 10.1. The zero-order valence-corrected chi connectivity index (χ0v) is 8.76. The number of unbranched alkanes of at least 4 members (excludes halogenated alkanes) is 1. The molecule has 1 rings (SSSR count). The fourth-order valence-electron chi connectivity index (χ4n) is 2.46. The van der Waals surface area contributed by atoms with Crippen LogP contribution in [0, 0.1) is 5.41 Å². The predicted molar refractivity (Wildman–Crippen MR) is 55.5 cm³/mol. The first-order chi connectivity index (χ1) is 6.25. The second kappa shape index (κ2) is 4.97. The summed E-state index contributed by atoms with van der Waals surface area (Å²) in [5.41, 5.74) is 5.86. The van der Waals surface area contributed by atoms with Gasteiger partial charge in [0.2, 0.25) is 0 Å². The third kappa shape index (κ3) is 2.44. The predicted octanol–water partition coefficient (Wildman–Crippen LogP) is 2.06. The van der Waals surface area contributed by atoms with Gasteiger partial charge in [-0.15, -0.1) is 0 Å². The molecule has 13 heavy (non-hydrogen) atoms. The topological polar surface area (TPSA) is 46.2 Å². The van der Waals surface area contributed by atoms with Crippen LogP contribution in [0.2, 0.25) is 0 Å². The largest absolute Gasteiger partial charge is 0.393 e. The van der Waals surface area contributed by atoms with Crippen LogP contribution in [-0.4, -0.2) is 17.8 Å². The van der Waals surface area contributed by atoms with Gasteiger partial charge in [-0.2, -0.15) is 0 Å². The van der Waals surface area contributed by atoms with Crippen molar-refractivity contribution in [3.8, 4) is 0 Å². The van der Waals surface area contributed by atoms with Crippen molar-refractivity contribution in [2.75, 3.05) is 6.54 Å². The Balaban J connectivity index is 2.44. The van der Waals surface area contributed by atoms with E-state index in [2.05, 4.69) is 6.92 Å². The Morgan fingerprint density at radius 3 is 2.46 bits per heavy atom. The average molecular weight is 185 g/mol. The van der Waals surface area contributed by atoms with Crippen molar-refractivity contribution in [3.63, 3.8) is 0 Å². The summed E-state index contributed by atoms with van der Waals surface area (Å²) < 4.78 is 0. The molecule has 1 aliphatic rings. The molecule has 1 aliphatic carbocycles. The van der Waals surface area contributed by atoms with Gasteiger partial charge >= 0.3 is 0 Å². The molecule has 0 bridgehead atoms. The smallest absolute Gasteiger partial charge is 0.0608 e. The van der Waals surface area contributed by atoms with Crippen LogP contribution in [-0.2, 0) is 0 Å². The quantitative estimate of drug-likeness (QED) is 0.688. The van der Waals surface area contributed by atoms with Gasteiger partial charge in [0.05, 0.1) is 6.10 Å². The molecule has 0 spiro atoms. The Kier molecular flexibility index (Phi) is 4.20. The molecule has 0 radical (unpaired) electrons. The molecule has 0 saturated heterocycles. The van der Waals surface area contributed by atoms with E-state index in [4.69, 9.17) is 5.73 Å². The van der Waals surface area contributed by atoms with Crippen molar-refractivity contribution in [2.24, 2.45) is 11.1 Å². The monoisotopic (exact) mass is 185 g/mol. The highest BCUT2D eigenvalue weighted by Gasteiger charge is 2.38. The highest BCUT2D eigenvalue weighted by atomic mass is 16.3. The van der Waals surface area contributed by atoms with E-state index in [9.17, 15) is 5.11 Å². The molecule has 0 aromatic rings. The normalized spacial score (nSPS) is 23.3. The SMILES string of the molecule is CCCCC(O)C1(CN)CCCC1. The van der Waals surface area contributed by atoms with Gasteiger partial charge < -0.3 is 10.8 Å². The summed E-state index contributed by atoms with van der Waals surface area (Å²) in [6.07, 6.45) is 7.85. The van der Waals surface area contributed by atoms with Crippen molar-refractivity contribution in [3.05, 3.63) is 0 Å². The van der Waals surface area contributed by atoms with Crippen LogP contribution in [0.15, 0.2) is 0 Å².